The number of hydrogen-bond donors (Lipinski definition) is 1. The molecule has 18 heteroatoms. The monoisotopic (exact) mass is 632 g/mol. The van der Waals surface area contributed by atoms with E-state index >= 15 is 0 Å². The Labute approximate surface area is 257 Å². The molecule has 2 rings (SSSR count). The standard InChI is InChI=1S/C26H48N8O10/c27-30-28-1-8-37-11-13-39-15-17-41-19-21-43-22-20-42-18-16-40-14-12-38-10-7-34-23-25(29-31-34)24-44-9-6-32-2-4-33(5-3-32)26(35)36/h23H,1-22,24H2,(H,35,36). The zero-order valence-electron chi connectivity index (χ0n) is 25.5. The first-order valence-corrected chi connectivity index (χ1v) is 14.9. The predicted molar refractivity (Wildman–Crippen MR) is 155 cm³/mol. The van der Waals surface area contributed by atoms with E-state index < -0.39 is 6.09 Å². The van der Waals surface area contributed by atoms with Crippen molar-refractivity contribution in [3.05, 3.63) is 22.3 Å². The van der Waals surface area contributed by atoms with Crippen molar-refractivity contribution in [2.75, 3.05) is 138 Å². The lowest BCUT2D eigenvalue weighted by Gasteiger charge is -2.32. The highest BCUT2D eigenvalue weighted by molar-refractivity contribution is 5.65. The molecule has 0 aromatic carbocycles. The summed E-state index contributed by atoms with van der Waals surface area (Å²) in [5.41, 5.74) is 8.89. The molecule has 0 atom stereocenters. The summed E-state index contributed by atoms with van der Waals surface area (Å²) in [5, 5.41) is 20.6. The van der Waals surface area contributed by atoms with Crippen LogP contribution in [-0.4, -0.2) is 174 Å². The maximum absolute atomic E-state index is 11.0. The van der Waals surface area contributed by atoms with Gasteiger partial charge in [0.2, 0.25) is 0 Å². The van der Waals surface area contributed by atoms with E-state index in [2.05, 4.69) is 25.2 Å². The van der Waals surface area contributed by atoms with Crippen LogP contribution >= 0.6 is 0 Å². The zero-order valence-corrected chi connectivity index (χ0v) is 25.5. The fourth-order valence-electron chi connectivity index (χ4n) is 3.78. The average Bonchev–Trinajstić information content (AvgIpc) is 3.49. The number of hydrogen-bond acceptors (Lipinski definition) is 13. The molecule has 252 valence electrons. The Hall–Kier alpha value is -2.64. The molecule has 1 aliphatic rings. The van der Waals surface area contributed by atoms with Crippen molar-refractivity contribution in [3.8, 4) is 0 Å². The van der Waals surface area contributed by atoms with Gasteiger partial charge in [-0.1, -0.05) is 10.3 Å². The first-order chi connectivity index (χ1) is 21.7. The van der Waals surface area contributed by atoms with Crippen molar-refractivity contribution >= 4 is 6.09 Å². The molecule has 0 bridgehead atoms. The highest BCUT2D eigenvalue weighted by Gasteiger charge is 2.19. The number of carboxylic acid groups (broad SMARTS) is 1. The number of aromatic nitrogens is 3. The lowest BCUT2D eigenvalue weighted by atomic mass is 10.3. The van der Waals surface area contributed by atoms with E-state index in [9.17, 15) is 4.79 Å². The molecule has 1 saturated heterocycles. The Kier molecular flexibility index (Phi) is 22.8. The Morgan fingerprint density at radius 3 is 1.70 bits per heavy atom. The van der Waals surface area contributed by atoms with Gasteiger partial charge < -0.3 is 47.9 Å². The Morgan fingerprint density at radius 1 is 0.727 bits per heavy atom. The van der Waals surface area contributed by atoms with Crippen molar-refractivity contribution in [2.24, 2.45) is 5.11 Å². The van der Waals surface area contributed by atoms with Crippen LogP contribution in [0.5, 0.6) is 0 Å². The van der Waals surface area contributed by atoms with Crippen LogP contribution in [0.1, 0.15) is 5.69 Å². The third kappa shape index (κ3) is 20.3. The molecular weight excluding hydrogens is 584 g/mol. The average molecular weight is 633 g/mol. The molecule has 0 saturated carbocycles. The third-order valence-electron chi connectivity index (χ3n) is 6.13. The van der Waals surface area contributed by atoms with Crippen molar-refractivity contribution in [1.82, 2.24) is 24.8 Å². The molecule has 1 amide bonds. The molecule has 0 aliphatic carbocycles. The topological polar surface area (TPSA) is 197 Å². The van der Waals surface area contributed by atoms with E-state index in [-0.39, 0.29) is 0 Å². The molecule has 44 heavy (non-hydrogen) atoms. The summed E-state index contributed by atoms with van der Waals surface area (Å²) in [6.45, 7) is 11.7. The predicted octanol–water partition coefficient (Wildman–Crippen LogP) is 0.517. The Morgan fingerprint density at radius 2 is 1.20 bits per heavy atom. The fourth-order valence-corrected chi connectivity index (χ4v) is 3.78. The number of amides is 1. The molecule has 1 aromatic heterocycles. The van der Waals surface area contributed by atoms with Crippen LogP contribution in [0, 0.1) is 0 Å². The molecule has 1 aromatic rings. The molecule has 1 aliphatic heterocycles. The summed E-state index contributed by atoms with van der Waals surface area (Å²) < 4.78 is 45.4. The molecule has 0 radical (unpaired) electrons. The van der Waals surface area contributed by atoms with Gasteiger partial charge >= 0.3 is 6.09 Å². The maximum Gasteiger partial charge on any atom is 0.407 e. The Balaban J connectivity index is 1.25. The van der Waals surface area contributed by atoms with Crippen molar-refractivity contribution in [3.63, 3.8) is 0 Å². The number of rotatable bonds is 29. The highest BCUT2D eigenvalue weighted by atomic mass is 16.6. The van der Waals surface area contributed by atoms with Gasteiger partial charge in [-0.3, -0.25) is 4.90 Å². The second-order valence-corrected chi connectivity index (χ2v) is 9.38. The molecular formula is C26H48N8O10. The lowest BCUT2D eigenvalue weighted by molar-refractivity contribution is -0.0205. The van der Waals surface area contributed by atoms with Gasteiger partial charge in [-0.2, -0.15) is 0 Å². The largest absolute Gasteiger partial charge is 0.465 e. The molecule has 18 nitrogen and oxygen atoms in total. The minimum atomic E-state index is -0.859. The van der Waals surface area contributed by atoms with Crippen LogP contribution in [0.2, 0.25) is 0 Å². The van der Waals surface area contributed by atoms with Gasteiger partial charge in [-0.25, -0.2) is 9.48 Å². The minimum absolute atomic E-state index is 0.323. The molecule has 1 fully saturated rings. The van der Waals surface area contributed by atoms with Crippen LogP contribution in [0.15, 0.2) is 11.3 Å². The first-order valence-electron chi connectivity index (χ1n) is 14.9. The van der Waals surface area contributed by atoms with Gasteiger partial charge in [0.25, 0.3) is 0 Å². The molecule has 0 unspecified atom stereocenters. The van der Waals surface area contributed by atoms with E-state index in [1.807, 2.05) is 6.20 Å². The molecule has 2 heterocycles. The number of nitrogens with zero attached hydrogens (tertiary/aromatic N) is 8. The number of carbonyl (C=O) groups is 1. The van der Waals surface area contributed by atoms with Gasteiger partial charge in [0, 0.05) is 44.2 Å². The normalized spacial score (nSPS) is 13.8. The smallest absolute Gasteiger partial charge is 0.407 e. The number of azide groups is 1. The van der Waals surface area contributed by atoms with Crippen molar-refractivity contribution in [1.29, 1.82) is 0 Å². The highest BCUT2D eigenvalue weighted by Crippen LogP contribution is 2.02. The van der Waals surface area contributed by atoms with Gasteiger partial charge in [-0.05, 0) is 5.53 Å². The summed E-state index contributed by atoms with van der Waals surface area (Å²) in [5.74, 6) is 0. The van der Waals surface area contributed by atoms with E-state index in [1.54, 1.807) is 4.68 Å². The maximum atomic E-state index is 11.0. The summed E-state index contributed by atoms with van der Waals surface area (Å²) in [7, 11) is 0. The van der Waals surface area contributed by atoms with E-state index in [4.69, 9.17) is 48.5 Å². The molecule has 0 spiro atoms. The van der Waals surface area contributed by atoms with Crippen LogP contribution in [0.25, 0.3) is 10.4 Å². The van der Waals surface area contributed by atoms with Gasteiger partial charge in [0.05, 0.1) is 118 Å². The van der Waals surface area contributed by atoms with Gasteiger partial charge in [-0.15, -0.1) is 5.10 Å². The SMILES string of the molecule is [N-]=[N+]=NCCOCCOCCOCCOCCOCCOCCOCCn1cc(COCCN2CCN(C(=O)O)CC2)nn1. The quantitative estimate of drug-likeness (QED) is 0.0556. The Bertz CT molecular complexity index is 885. The number of piperazine rings is 1. The van der Waals surface area contributed by atoms with Gasteiger partial charge in [0.1, 0.15) is 5.69 Å². The lowest BCUT2D eigenvalue weighted by Crippen LogP contribution is -2.48. The summed E-state index contributed by atoms with van der Waals surface area (Å²) >= 11 is 0. The summed E-state index contributed by atoms with van der Waals surface area (Å²) in [4.78, 5) is 17.2. The second-order valence-electron chi connectivity index (χ2n) is 9.38. The zero-order chi connectivity index (χ0) is 31.3. The van der Waals surface area contributed by atoms with Crippen LogP contribution < -0.4 is 0 Å². The fraction of sp³-hybridized carbons (Fsp3) is 0.885. The van der Waals surface area contributed by atoms with E-state index in [0.717, 1.165) is 25.3 Å². The number of ether oxygens (including phenoxy) is 8. The minimum Gasteiger partial charge on any atom is -0.465 e. The van der Waals surface area contributed by atoms with Gasteiger partial charge in [0.15, 0.2) is 0 Å². The van der Waals surface area contributed by atoms with Crippen LogP contribution in [0.3, 0.4) is 0 Å². The van der Waals surface area contributed by atoms with E-state index in [0.29, 0.717) is 132 Å². The van der Waals surface area contributed by atoms with Crippen LogP contribution in [-0.2, 0) is 51.0 Å². The first kappa shape index (κ1) is 37.5. The third-order valence-corrected chi connectivity index (χ3v) is 6.13. The molecule has 1 N–H and O–H groups in total. The summed E-state index contributed by atoms with van der Waals surface area (Å²) in [6.07, 6.45) is 0.982. The van der Waals surface area contributed by atoms with Crippen molar-refractivity contribution < 1.29 is 47.8 Å². The van der Waals surface area contributed by atoms with Crippen molar-refractivity contribution in [2.45, 2.75) is 13.2 Å². The van der Waals surface area contributed by atoms with E-state index in [1.165, 1.54) is 4.90 Å². The summed E-state index contributed by atoms with van der Waals surface area (Å²) in [6, 6.07) is 0. The second kappa shape index (κ2) is 26.7. The van der Waals surface area contributed by atoms with Crippen LogP contribution in [0.4, 0.5) is 4.79 Å².